The molecule has 1 unspecified atom stereocenters. The van der Waals surface area contributed by atoms with E-state index in [0.29, 0.717) is 5.78 Å². The lowest BCUT2D eigenvalue weighted by Gasteiger charge is -2.07. The quantitative estimate of drug-likeness (QED) is 0.316. The Kier molecular flexibility index (Phi) is 15.3. The summed E-state index contributed by atoms with van der Waals surface area (Å²) in [4.78, 5) is 10.8. The first-order valence-corrected chi connectivity index (χ1v) is 8.99. The third kappa shape index (κ3) is 17.3. The summed E-state index contributed by atoms with van der Waals surface area (Å²) >= 11 is 0. The molecule has 1 N–H and O–H groups in total. The van der Waals surface area contributed by atoms with Crippen LogP contribution in [-0.2, 0) is 4.79 Å². The van der Waals surface area contributed by atoms with Gasteiger partial charge in [-0.3, -0.25) is 0 Å². The molecule has 0 aliphatic heterocycles. The SMILES string of the molecule is CCCCCCC(O)CC=CCCCCCCCC(C)=O. The molecule has 0 saturated carbocycles. The Hall–Kier alpha value is -0.630. The van der Waals surface area contributed by atoms with Crippen molar-refractivity contribution in [1.29, 1.82) is 0 Å². The number of hydrogen-bond acceptors (Lipinski definition) is 2. The maximum absolute atomic E-state index is 10.8. The minimum atomic E-state index is -0.148. The number of Topliss-reactive ketones (excluding diaryl/α,β-unsaturated/α-hetero) is 1. The van der Waals surface area contributed by atoms with Crippen LogP contribution in [0.5, 0.6) is 0 Å². The van der Waals surface area contributed by atoms with E-state index in [2.05, 4.69) is 19.1 Å². The first-order chi connectivity index (χ1) is 10.2. The first-order valence-electron chi connectivity index (χ1n) is 8.99. The molecule has 0 rings (SSSR count). The van der Waals surface area contributed by atoms with Gasteiger partial charge in [-0.25, -0.2) is 0 Å². The molecule has 0 amide bonds. The Bertz CT molecular complexity index is 258. The summed E-state index contributed by atoms with van der Waals surface area (Å²) in [5.41, 5.74) is 0. The molecule has 2 heteroatoms. The van der Waals surface area contributed by atoms with E-state index in [9.17, 15) is 9.90 Å². The minimum absolute atomic E-state index is 0.148. The Morgan fingerprint density at radius 3 is 2.33 bits per heavy atom. The third-order valence-electron chi connectivity index (χ3n) is 3.87. The lowest BCUT2D eigenvalue weighted by atomic mass is 10.1. The molecule has 0 fully saturated rings. The normalized spacial score (nSPS) is 12.9. The summed E-state index contributed by atoms with van der Waals surface area (Å²) in [6, 6.07) is 0. The number of carbonyl (C=O) groups excluding carboxylic acids is 1. The zero-order chi connectivity index (χ0) is 15.8. The smallest absolute Gasteiger partial charge is 0.129 e. The number of carbonyl (C=O) groups is 1. The standard InChI is InChI=1S/C19H36O2/c1-3-4-5-13-16-19(21)17-14-11-9-7-6-8-10-12-15-18(2)20/h11,14,19,21H,3-10,12-13,15-17H2,1-2H3. The molecule has 0 aromatic carbocycles. The monoisotopic (exact) mass is 296 g/mol. The van der Waals surface area contributed by atoms with Crippen molar-refractivity contribution in [3.8, 4) is 0 Å². The minimum Gasteiger partial charge on any atom is -0.393 e. The lowest BCUT2D eigenvalue weighted by Crippen LogP contribution is -2.04. The van der Waals surface area contributed by atoms with E-state index in [-0.39, 0.29) is 6.10 Å². The Balaban J connectivity index is 3.26. The molecule has 1 atom stereocenters. The molecule has 0 radical (unpaired) electrons. The average Bonchev–Trinajstić information content (AvgIpc) is 2.45. The molecule has 21 heavy (non-hydrogen) atoms. The Labute approximate surface area is 132 Å². The first kappa shape index (κ1) is 20.4. The van der Waals surface area contributed by atoms with E-state index < -0.39 is 0 Å². The highest BCUT2D eigenvalue weighted by Crippen LogP contribution is 2.10. The van der Waals surface area contributed by atoms with Crippen LogP contribution in [0.25, 0.3) is 0 Å². The van der Waals surface area contributed by atoms with Crippen molar-refractivity contribution in [3.05, 3.63) is 12.2 Å². The van der Waals surface area contributed by atoms with E-state index >= 15 is 0 Å². The highest BCUT2D eigenvalue weighted by Gasteiger charge is 2.00. The van der Waals surface area contributed by atoms with E-state index in [1.54, 1.807) is 6.92 Å². The fourth-order valence-corrected chi connectivity index (χ4v) is 2.46. The second-order valence-electron chi connectivity index (χ2n) is 6.22. The van der Waals surface area contributed by atoms with Gasteiger partial charge in [0, 0.05) is 6.42 Å². The van der Waals surface area contributed by atoms with Crippen LogP contribution in [-0.4, -0.2) is 17.0 Å². The number of rotatable bonds is 15. The molecule has 0 saturated heterocycles. The van der Waals surface area contributed by atoms with Crippen LogP contribution in [0.4, 0.5) is 0 Å². The number of hydrogen-bond donors (Lipinski definition) is 1. The molecule has 0 heterocycles. The van der Waals surface area contributed by atoms with Crippen molar-refractivity contribution in [1.82, 2.24) is 0 Å². The molecule has 0 bridgehead atoms. The molecule has 124 valence electrons. The summed E-state index contributed by atoms with van der Waals surface area (Å²) in [7, 11) is 0. The van der Waals surface area contributed by atoms with E-state index in [1.165, 1.54) is 44.9 Å². The predicted octanol–water partition coefficient (Wildman–Crippen LogP) is 5.58. The number of aliphatic hydroxyl groups excluding tert-OH is 1. The van der Waals surface area contributed by atoms with Crippen molar-refractivity contribution in [2.75, 3.05) is 0 Å². The number of unbranched alkanes of at least 4 members (excludes halogenated alkanes) is 8. The van der Waals surface area contributed by atoms with E-state index in [0.717, 1.165) is 38.5 Å². The van der Waals surface area contributed by atoms with E-state index in [1.807, 2.05) is 0 Å². The average molecular weight is 296 g/mol. The number of ketones is 1. The summed E-state index contributed by atoms with van der Waals surface area (Å²) in [5, 5.41) is 9.81. The summed E-state index contributed by atoms with van der Waals surface area (Å²) in [5.74, 6) is 0.311. The zero-order valence-corrected chi connectivity index (χ0v) is 14.3. The number of allylic oxidation sites excluding steroid dienone is 1. The number of aliphatic hydroxyl groups is 1. The van der Waals surface area contributed by atoms with Gasteiger partial charge in [0.1, 0.15) is 5.78 Å². The highest BCUT2D eigenvalue weighted by atomic mass is 16.3. The van der Waals surface area contributed by atoms with Crippen LogP contribution >= 0.6 is 0 Å². The molecular weight excluding hydrogens is 260 g/mol. The van der Waals surface area contributed by atoms with E-state index in [4.69, 9.17) is 0 Å². The fraction of sp³-hybridized carbons (Fsp3) is 0.842. The molecule has 0 aromatic heterocycles. The molecular formula is C19H36O2. The van der Waals surface area contributed by atoms with Crippen molar-refractivity contribution < 1.29 is 9.90 Å². The van der Waals surface area contributed by atoms with Gasteiger partial charge in [-0.1, -0.05) is 64.0 Å². The molecule has 0 aliphatic rings. The predicted molar refractivity (Wildman–Crippen MR) is 91.5 cm³/mol. The maximum Gasteiger partial charge on any atom is 0.129 e. The van der Waals surface area contributed by atoms with Gasteiger partial charge < -0.3 is 9.90 Å². The van der Waals surface area contributed by atoms with Crippen molar-refractivity contribution in [2.45, 2.75) is 103 Å². The van der Waals surface area contributed by atoms with Gasteiger partial charge in [-0.15, -0.1) is 0 Å². The van der Waals surface area contributed by atoms with Gasteiger partial charge in [0.05, 0.1) is 6.10 Å². The second-order valence-corrected chi connectivity index (χ2v) is 6.22. The summed E-state index contributed by atoms with van der Waals surface area (Å²) in [6.07, 6.45) is 18.7. The second kappa shape index (κ2) is 15.8. The van der Waals surface area contributed by atoms with Gasteiger partial charge in [-0.2, -0.15) is 0 Å². The van der Waals surface area contributed by atoms with Gasteiger partial charge in [0.25, 0.3) is 0 Å². The fourth-order valence-electron chi connectivity index (χ4n) is 2.46. The Morgan fingerprint density at radius 1 is 0.952 bits per heavy atom. The largest absolute Gasteiger partial charge is 0.393 e. The highest BCUT2D eigenvalue weighted by molar-refractivity contribution is 5.75. The van der Waals surface area contributed by atoms with Gasteiger partial charge >= 0.3 is 0 Å². The summed E-state index contributed by atoms with van der Waals surface area (Å²) < 4.78 is 0. The molecule has 2 nitrogen and oxygen atoms in total. The van der Waals surface area contributed by atoms with Crippen LogP contribution < -0.4 is 0 Å². The van der Waals surface area contributed by atoms with Crippen molar-refractivity contribution in [3.63, 3.8) is 0 Å². The van der Waals surface area contributed by atoms with Crippen molar-refractivity contribution >= 4 is 5.78 Å². The maximum atomic E-state index is 10.8. The van der Waals surface area contributed by atoms with Gasteiger partial charge in [0.2, 0.25) is 0 Å². The van der Waals surface area contributed by atoms with Crippen LogP contribution in [0.2, 0.25) is 0 Å². The van der Waals surface area contributed by atoms with Crippen LogP contribution in [0, 0.1) is 0 Å². The molecule has 0 aromatic rings. The van der Waals surface area contributed by atoms with Crippen LogP contribution in [0.1, 0.15) is 97.3 Å². The Morgan fingerprint density at radius 2 is 1.62 bits per heavy atom. The van der Waals surface area contributed by atoms with Crippen LogP contribution in [0.15, 0.2) is 12.2 Å². The van der Waals surface area contributed by atoms with Crippen LogP contribution in [0.3, 0.4) is 0 Å². The topological polar surface area (TPSA) is 37.3 Å². The molecule has 0 aliphatic carbocycles. The molecule has 0 spiro atoms. The third-order valence-corrected chi connectivity index (χ3v) is 3.87. The van der Waals surface area contributed by atoms with Crippen molar-refractivity contribution in [2.24, 2.45) is 0 Å². The van der Waals surface area contributed by atoms with Gasteiger partial charge in [0.15, 0.2) is 0 Å². The van der Waals surface area contributed by atoms with Gasteiger partial charge in [-0.05, 0) is 39.0 Å². The zero-order valence-electron chi connectivity index (χ0n) is 14.3. The summed E-state index contributed by atoms with van der Waals surface area (Å²) in [6.45, 7) is 3.88. The lowest BCUT2D eigenvalue weighted by molar-refractivity contribution is -0.117.